The van der Waals surface area contributed by atoms with Gasteiger partial charge in [-0.25, -0.2) is 14.2 Å². The first-order valence-corrected chi connectivity index (χ1v) is 9.81. The monoisotopic (exact) mass is 481 g/mol. The minimum absolute atomic E-state index is 0.0723. The topological polar surface area (TPSA) is 113 Å². The Bertz CT molecular complexity index is 1200. The lowest BCUT2D eigenvalue weighted by molar-refractivity contribution is -0.192. The summed E-state index contributed by atoms with van der Waals surface area (Å²) in [6, 6.07) is 8.74. The number of carboxylic acid groups (broad SMARTS) is 1. The molecule has 1 fully saturated rings. The number of phenols is 1. The van der Waals surface area contributed by atoms with Crippen molar-refractivity contribution in [3.05, 3.63) is 61.5 Å². The number of benzene rings is 1. The summed E-state index contributed by atoms with van der Waals surface area (Å²) in [5, 5.41) is 19.2. The van der Waals surface area contributed by atoms with E-state index in [9.17, 15) is 27.5 Å². The van der Waals surface area contributed by atoms with Crippen LogP contribution in [0.25, 0.3) is 16.6 Å². The molecule has 2 heterocycles. The van der Waals surface area contributed by atoms with Crippen molar-refractivity contribution in [1.82, 2.24) is 14.7 Å². The Labute approximate surface area is 190 Å². The van der Waals surface area contributed by atoms with Gasteiger partial charge in [0, 0.05) is 30.6 Å². The van der Waals surface area contributed by atoms with Crippen LogP contribution in [0.1, 0.15) is 12.8 Å². The number of aromatic nitrogens is 2. The number of ether oxygens (including phenoxy) is 1. The van der Waals surface area contributed by atoms with Crippen LogP contribution >= 0.6 is 0 Å². The minimum Gasteiger partial charge on any atom is -0.508 e. The van der Waals surface area contributed by atoms with Crippen molar-refractivity contribution >= 4 is 17.4 Å². The molecule has 180 valence electrons. The molecule has 1 aliphatic rings. The standard InChI is InChI=1S/C20H18FN3O3.C2HF3O2/c1-12(21)20(26)23-15-7-17(8-15)27-19-6-14(10-24-11-22-9-18(19)24)13-2-4-16(25)5-3-13;3-2(4,5)1(6)7/h2-6,9-11,15,17,25H,1,7-8H2,(H,23,26);(H,6,7). The number of nitrogens with one attached hydrogen (secondary N) is 1. The van der Waals surface area contributed by atoms with E-state index in [1.54, 1.807) is 24.7 Å². The Balaban J connectivity index is 0.000000406. The smallest absolute Gasteiger partial charge is 0.490 e. The Hall–Kier alpha value is -4.09. The molecule has 3 N–H and O–H groups in total. The predicted molar refractivity (Wildman–Crippen MR) is 112 cm³/mol. The molecule has 0 aliphatic heterocycles. The van der Waals surface area contributed by atoms with Crippen molar-refractivity contribution in [3.8, 4) is 22.6 Å². The van der Waals surface area contributed by atoms with Gasteiger partial charge >= 0.3 is 12.1 Å². The Morgan fingerprint density at radius 2 is 1.79 bits per heavy atom. The van der Waals surface area contributed by atoms with Gasteiger partial charge in [0.15, 0.2) is 5.83 Å². The number of hydrogen-bond donors (Lipinski definition) is 3. The van der Waals surface area contributed by atoms with Crippen LogP contribution in [0.2, 0.25) is 0 Å². The Morgan fingerprint density at radius 3 is 2.35 bits per heavy atom. The highest BCUT2D eigenvalue weighted by atomic mass is 19.4. The molecule has 3 aromatic rings. The van der Waals surface area contributed by atoms with Gasteiger partial charge < -0.3 is 24.7 Å². The van der Waals surface area contributed by atoms with Gasteiger partial charge in [-0.2, -0.15) is 13.2 Å². The number of carboxylic acids is 1. The molecule has 4 rings (SSSR count). The van der Waals surface area contributed by atoms with Gasteiger partial charge in [0.05, 0.1) is 12.5 Å². The number of carbonyl (C=O) groups is 2. The van der Waals surface area contributed by atoms with E-state index >= 15 is 0 Å². The Morgan fingerprint density at radius 1 is 1.18 bits per heavy atom. The third-order valence-electron chi connectivity index (χ3n) is 4.90. The van der Waals surface area contributed by atoms with E-state index in [2.05, 4.69) is 16.9 Å². The number of phenolic OH excluding ortho intramolecular Hbond substituents is 1. The van der Waals surface area contributed by atoms with Gasteiger partial charge in [0.1, 0.15) is 23.1 Å². The maximum Gasteiger partial charge on any atom is 0.490 e. The number of aromatic hydroxyl groups is 1. The van der Waals surface area contributed by atoms with Gasteiger partial charge in [-0.05, 0) is 23.8 Å². The van der Waals surface area contributed by atoms with E-state index in [-0.39, 0.29) is 17.9 Å². The molecule has 0 saturated heterocycles. The summed E-state index contributed by atoms with van der Waals surface area (Å²) >= 11 is 0. The molecule has 2 aromatic heterocycles. The van der Waals surface area contributed by atoms with E-state index in [0.29, 0.717) is 18.6 Å². The van der Waals surface area contributed by atoms with Crippen LogP contribution < -0.4 is 10.1 Å². The molecule has 12 heteroatoms. The number of fused-ring (bicyclic) bond motifs is 1. The molecule has 34 heavy (non-hydrogen) atoms. The molecule has 8 nitrogen and oxygen atoms in total. The van der Waals surface area contributed by atoms with E-state index in [1.807, 2.05) is 28.8 Å². The first-order chi connectivity index (χ1) is 15.9. The fourth-order valence-corrected chi connectivity index (χ4v) is 3.13. The second kappa shape index (κ2) is 9.81. The summed E-state index contributed by atoms with van der Waals surface area (Å²) in [6.07, 6.45) is 1.41. The minimum atomic E-state index is -5.08. The van der Waals surface area contributed by atoms with E-state index in [1.165, 1.54) is 0 Å². The maximum atomic E-state index is 12.8. The molecule has 1 aromatic carbocycles. The van der Waals surface area contributed by atoms with Crippen LogP contribution in [0.15, 0.2) is 61.5 Å². The van der Waals surface area contributed by atoms with E-state index in [4.69, 9.17) is 14.6 Å². The molecule has 0 bridgehead atoms. The first kappa shape index (κ1) is 24.6. The zero-order valence-corrected chi connectivity index (χ0v) is 17.4. The van der Waals surface area contributed by atoms with Gasteiger partial charge in [-0.15, -0.1) is 0 Å². The average Bonchev–Trinajstić information content (AvgIpc) is 3.21. The van der Waals surface area contributed by atoms with Crippen molar-refractivity contribution in [3.63, 3.8) is 0 Å². The van der Waals surface area contributed by atoms with Gasteiger partial charge in [0.2, 0.25) is 0 Å². The van der Waals surface area contributed by atoms with Crippen LogP contribution in [-0.4, -0.2) is 49.8 Å². The molecular weight excluding hydrogens is 462 g/mol. The fourth-order valence-electron chi connectivity index (χ4n) is 3.13. The number of alkyl halides is 3. The summed E-state index contributed by atoms with van der Waals surface area (Å²) < 4.78 is 52.5. The highest BCUT2D eigenvalue weighted by Crippen LogP contribution is 2.33. The summed E-state index contributed by atoms with van der Waals surface area (Å²) in [5.41, 5.74) is 2.70. The molecule has 0 spiro atoms. The molecule has 1 saturated carbocycles. The zero-order valence-electron chi connectivity index (χ0n) is 17.4. The number of carbonyl (C=O) groups excluding carboxylic acids is 1. The van der Waals surface area contributed by atoms with Crippen molar-refractivity contribution in [1.29, 1.82) is 0 Å². The van der Waals surface area contributed by atoms with Crippen LogP contribution in [0.4, 0.5) is 17.6 Å². The normalized spacial score (nSPS) is 17.2. The molecule has 0 radical (unpaired) electrons. The largest absolute Gasteiger partial charge is 0.508 e. The van der Waals surface area contributed by atoms with Crippen molar-refractivity contribution < 1.29 is 42.1 Å². The SMILES string of the molecule is C=C(F)C(=O)NC1CC(Oc2cc(-c3ccc(O)cc3)cn3cncc23)C1.O=C(O)C(F)(F)F. The third-order valence-corrected chi connectivity index (χ3v) is 4.90. The number of amides is 1. The van der Waals surface area contributed by atoms with Crippen molar-refractivity contribution in [2.24, 2.45) is 0 Å². The lowest BCUT2D eigenvalue weighted by Gasteiger charge is -2.35. The highest BCUT2D eigenvalue weighted by molar-refractivity contribution is 5.90. The number of nitrogens with zero attached hydrogens (tertiary/aromatic N) is 2. The number of pyridine rings is 1. The molecule has 1 amide bonds. The van der Waals surface area contributed by atoms with Crippen LogP contribution in [0.3, 0.4) is 0 Å². The molecule has 1 aliphatic carbocycles. The highest BCUT2D eigenvalue weighted by Gasteiger charge is 2.38. The second-order valence-electron chi connectivity index (χ2n) is 7.42. The van der Waals surface area contributed by atoms with Crippen molar-refractivity contribution in [2.75, 3.05) is 0 Å². The van der Waals surface area contributed by atoms with Crippen molar-refractivity contribution in [2.45, 2.75) is 31.2 Å². The average molecular weight is 481 g/mol. The molecular formula is C22H19F4N3O5. The van der Waals surface area contributed by atoms with Gasteiger partial charge in [-0.1, -0.05) is 18.7 Å². The summed E-state index contributed by atoms with van der Waals surface area (Å²) in [6.45, 7) is 2.99. The van der Waals surface area contributed by atoms with Gasteiger partial charge in [-0.3, -0.25) is 4.79 Å². The number of rotatable bonds is 5. The second-order valence-corrected chi connectivity index (χ2v) is 7.42. The zero-order chi connectivity index (χ0) is 25.0. The maximum absolute atomic E-state index is 12.8. The lowest BCUT2D eigenvalue weighted by atomic mass is 9.89. The summed E-state index contributed by atoms with van der Waals surface area (Å²) in [5.74, 6) is -3.62. The predicted octanol–water partition coefficient (Wildman–Crippen LogP) is 3.85. The van der Waals surface area contributed by atoms with Crippen LogP contribution in [0.5, 0.6) is 11.5 Å². The fraction of sp³-hybridized carbons (Fsp3) is 0.227. The number of halogens is 4. The molecule has 0 unspecified atom stereocenters. The van der Waals surface area contributed by atoms with Crippen LogP contribution in [0, 0.1) is 0 Å². The molecule has 0 atom stereocenters. The van der Waals surface area contributed by atoms with Crippen LogP contribution in [-0.2, 0) is 9.59 Å². The van der Waals surface area contributed by atoms with E-state index < -0.39 is 23.9 Å². The lowest BCUT2D eigenvalue weighted by Crippen LogP contribution is -2.49. The number of hydrogen-bond acceptors (Lipinski definition) is 5. The van der Waals surface area contributed by atoms with E-state index in [0.717, 1.165) is 16.6 Å². The first-order valence-electron chi connectivity index (χ1n) is 9.81. The third kappa shape index (κ3) is 6.03. The number of imidazole rings is 1. The van der Waals surface area contributed by atoms with Gasteiger partial charge in [0.25, 0.3) is 5.91 Å². The Kier molecular flexibility index (Phi) is 7.08. The number of aliphatic carboxylic acids is 1. The summed E-state index contributed by atoms with van der Waals surface area (Å²) in [7, 11) is 0. The summed E-state index contributed by atoms with van der Waals surface area (Å²) in [4.78, 5) is 24.4. The quantitative estimate of drug-likeness (QED) is 0.377.